The van der Waals surface area contributed by atoms with E-state index in [9.17, 15) is 26.8 Å². The summed E-state index contributed by atoms with van der Waals surface area (Å²) in [6.45, 7) is 1.92. The van der Waals surface area contributed by atoms with Crippen molar-refractivity contribution < 1.29 is 26.8 Å². The van der Waals surface area contributed by atoms with E-state index in [1.54, 1.807) is 0 Å². The molecule has 132 valence electrons. The molecule has 0 aliphatic carbocycles. The van der Waals surface area contributed by atoms with Crippen molar-refractivity contribution in [2.45, 2.75) is 24.7 Å². The third kappa shape index (κ3) is 4.15. The van der Waals surface area contributed by atoms with Crippen molar-refractivity contribution >= 4 is 21.7 Å². The molecule has 0 atom stereocenters. The molecule has 0 saturated carbocycles. The maximum atomic E-state index is 13.3. The van der Waals surface area contributed by atoms with Crippen molar-refractivity contribution in [2.75, 3.05) is 26.2 Å². The third-order valence-electron chi connectivity index (χ3n) is 3.81. The van der Waals surface area contributed by atoms with Crippen LogP contribution in [-0.2, 0) is 19.6 Å². The Hall–Kier alpha value is -1.87. The molecule has 1 aliphatic rings. The van der Waals surface area contributed by atoms with E-state index in [0.717, 1.165) is 16.4 Å². The van der Waals surface area contributed by atoms with E-state index in [0.29, 0.717) is 6.07 Å². The number of halogens is 2. The molecule has 1 aromatic rings. The van der Waals surface area contributed by atoms with Gasteiger partial charge in [0.05, 0.1) is 4.90 Å². The van der Waals surface area contributed by atoms with Crippen LogP contribution in [0.3, 0.4) is 0 Å². The molecule has 6 nitrogen and oxygen atoms in total. The number of hydrogen-bond donors (Lipinski definition) is 0. The van der Waals surface area contributed by atoms with Crippen molar-refractivity contribution in [1.82, 2.24) is 9.21 Å². The van der Waals surface area contributed by atoms with Gasteiger partial charge in [0.15, 0.2) is 11.6 Å². The summed E-state index contributed by atoms with van der Waals surface area (Å²) < 4.78 is 52.2. The first-order valence-electron chi connectivity index (χ1n) is 7.44. The Morgan fingerprint density at radius 3 is 2.21 bits per heavy atom. The zero-order valence-corrected chi connectivity index (χ0v) is 14.0. The molecule has 0 radical (unpaired) electrons. The molecule has 1 fully saturated rings. The first kappa shape index (κ1) is 18.5. The van der Waals surface area contributed by atoms with E-state index in [1.807, 2.05) is 0 Å². The monoisotopic (exact) mass is 360 g/mol. The number of sulfonamides is 1. The molecule has 1 amide bonds. The van der Waals surface area contributed by atoms with Gasteiger partial charge in [0.2, 0.25) is 15.9 Å². The Kier molecular flexibility index (Phi) is 5.66. The maximum Gasteiger partial charge on any atom is 0.243 e. The van der Waals surface area contributed by atoms with Crippen LogP contribution in [0, 0.1) is 11.6 Å². The Morgan fingerprint density at radius 2 is 1.67 bits per heavy atom. The predicted octanol–water partition coefficient (Wildman–Crippen LogP) is 1.17. The highest BCUT2D eigenvalue weighted by Crippen LogP contribution is 2.20. The Labute approximate surface area is 139 Å². The molecule has 1 saturated heterocycles. The van der Waals surface area contributed by atoms with Crippen LogP contribution in [0.25, 0.3) is 0 Å². The number of carbonyl (C=O) groups excluding carboxylic acids is 2. The minimum absolute atomic E-state index is 0.0626. The highest BCUT2D eigenvalue weighted by Gasteiger charge is 2.30. The van der Waals surface area contributed by atoms with E-state index in [-0.39, 0.29) is 55.6 Å². The molecule has 9 heteroatoms. The van der Waals surface area contributed by atoms with E-state index in [1.165, 1.54) is 11.8 Å². The highest BCUT2D eigenvalue weighted by atomic mass is 32.2. The van der Waals surface area contributed by atoms with Gasteiger partial charge in [0, 0.05) is 39.0 Å². The fourth-order valence-corrected chi connectivity index (χ4v) is 3.84. The first-order chi connectivity index (χ1) is 11.2. The number of nitrogens with zero attached hydrogens (tertiary/aromatic N) is 2. The minimum atomic E-state index is -3.94. The standard InChI is InChI=1S/C15H18F2N2O4S/c1-11(20)2-5-15(21)18-6-8-19(9-7-18)24(22,23)12-3-4-13(16)14(17)10-12/h3-4,10H,2,5-9H2,1H3. The number of amides is 1. The second-order valence-electron chi connectivity index (χ2n) is 5.56. The molecular weight excluding hydrogens is 342 g/mol. The smallest absolute Gasteiger partial charge is 0.243 e. The molecule has 0 bridgehead atoms. The van der Waals surface area contributed by atoms with Gasteiger partial charge in [-0.25, -0.2) is 17.2 Å². The predicted molar refractivity (Wildman–Crippen MR) is 81.6 cm³/mol. The van der Waals surface area contributed by atoms with Crippen LogP contribution in [0.4, 0.5) is 8.78 Å². The Bertz CT molecular complexity index is 744. The lowest BCUT2D eigenvalue weighted by atomic mass is 10.2. The summed E-state index contributed by atoms with van der Waals surface area (Å²) in [6.07, 6.45) is 0.261. The van der Waals surface area contributed by atoms with Gasteiger partial charge in [-0.3, -0.25) is 4.79 Å². The fraction of sp³-hybridized carbons (Fsp3) is 0.467. The summed E-state index contributed by atoms with van der Waals surface area (Å²) in [5.41, 5.74) is 0. The zero-order chi connectivity index (χ0) is 17.9. The SMILES string of the molecule is CC(=O)CCC(=O)N1CCN(S(=O)(=O)c2ccc(F)c(F)c2)CC1. The number of Topliss-reactive ketones (excluding diaryl/α,β-unsaturated/α-hetero) is 1. The molecule has 2 rings (SSSR count). The molecular formula is C15H18F2N2O4S. The van der Waals surface area contributed by atoms with Gasteiger partial charge in [-0.1, -0.05) is 0 Å². The van der Waals surface area contributed by atoms with E-state index in [2.05, 4.69) is 0 Å². The lowest BCUT2D eigenvalue weighted by Crippen LogP contribution is -2.50. The lowest BCUT2D eigenvalue weighted by molar-refractivity contribution is -0.134. The average Bonchev–Trinajstić information content (AvgIpc) is 2.55. The summed E-state index contributed by atoms with van der Waals surface area (Å²) in [7, 11) is -3.94. The van der Waals surface area contributed by atoms with Crippen molar-refractivity contribution in [3.63, 3.8) is 0 Å². The van der Waals surface area contributed by atoms with Crippen molar-refractivity contribution in [2.24, 2.45) is 0 Å². The number of ketones is 1. The number of rotatable bonds is 5. The van der Waals surface area contributed by atoms with Crippen LogP contribution < -0.4 is 0 Å². The second-order valence-corrected chi connectivity index (χ2v) is 7.50. The molecule has 24 heavy (non-hydrogen) atoms. The number of hydrogen-bond acceptors (Lipinski definition) is 4. The molecule has 0 unspecified atom stereocenters. The van der Waals surface area contributed by atoms with Gasteiger partial charge in [-0.2, -0.15) is 4.31 Å². The summed E-state index contributed by atoms with van der Waals surface area (Å²) in [5, 5.41) is 0. The first-order valence-corrected chi connectivity index (χ1v) is 8.88. The number of carbonyl (C=O) groups is 2. The van der Waals surface area contributed by atoms with Gasteiger partial charge < -0.3 is 9.69 Å². The molecule has 0 N–H and O–H groups in total. The Morgan fingerprint density at radius 1 is 1.04 bits per heavy atom. The lowest BCUT2D eigenvalue weighted by Gasteiger charge is -2.34. The molecule has 0 spiro atoms. The van der Waals surface area contributed by atoms with E-state index >= 15 is 0 Å². The normalized spacial score (nSPS) is 16.2. The quantitative estimate of drug-likeness (QED) is 0.790. The largest absolute Gasteiger partial charge is 0.340 e. The van der Waals surface area contributed by atoms with E-state index < -0.39 is 21.7 Å². The average molecular weight is 360 g/mol. The van der Waals surface area contributed by atoms with Crippen LogP contribution >= 0.6 is 0 Å². The van der Waals surface area contributed by atoms with Gasteiger partial charge in [0.1, 0.15) is 5.78 Å². The maximum absolute atomic E-state index is 13.3. The van der Waals surface area contributed by atoms with E-state index in [4.69, 9.17) is 0 Å². The molecule has 0 aromatic heterocycles. The molecule has 1 aromatic carbocycles. The second kappa shape index (κ2) is 7.35. The van der Waals surface area contributed by atoms with Crippen LogP contribution in [-0.4, -0.2) is 55.5 Å². The summed E-state index contributed by atoms with van der Waals surface area (Å²) >= 11 is 0. The minimum Gasteiger partial charge on any atom is -0.340 e. The molecule has 1 aliphatic heterocycles. The molecule has 1 heterocycles. The zero-order valence-electron chi connectivity index (χ0n) is 13.2. The summed E-state index contributed by atoms with van der Waals surface area (Å²) in [6, 6.07) is 2.43. The Balaban J connectivity index is 2.01. The topological polar surface area (TPSA) is 74.8 Å². The van der Waals surface area contributed by atoms with Crippen LogP contribution in [0.2, 0.25) is 0 Å². The van der Waals surface area contributed by atoms with Crippen molar-refractivity contribution in [3.8, 4) is 0 Å². The van der Waals surface area contributed by atoms with Gasteiger partial charge in [-0.05, 0) is 25.1 Å². The summed E-state index contributed by atoms with van der Waals surface area (Å²) in [4.78, 5) is 24.0. The van der Waals surface area contributed by atoms with Gasteiger partial charge in [-0.15, -0.1) is 0 Å². The third-order valence-corrected chi connectivity index (χ3v) is 5.71. The number of benzene rings is 1. The van der Waals surface area contributed by atoms with Gasteiger partial charge in [0.25, 0.3) is 0 Å². The summed E-state index contributed by atoms with van der Waals surface area (Å²) in [5.74, 6) is -2.62. The van der Waals surface area contributed by atoms with Crippen LogP contribution in [0.15, 0.2) is 23.1 Å². The van der Waals surface area contributed by atoms with Crippen molar-refractivity contribution in [1.29, 1.82) is 0 Å². The fourth-order valence-electron chi connectivity index (χ4n) is 2.41. The number of piperazine rings is 1. The van der Waals surface area contributed by atoms with Crippen LogP contribution in [0.1, 0.15) is 19.8 Å². The van der Waals surface area contributed by atoms with Crippen molar-refractivity contribution in [3.05, 3.63) is 29.8 Å². The highest BCUT2D eigenvalue weighted by molar-refractivity contribution is 7.89. The van der Waals surface area contributed by atoms with Gasteiger partial charge >= 0.3 is 0 Å². The van der Waals surface area contributed by atoms with Crippen LogP contribution in [0.5, 0.6) is 0 Å².